The lowest BCUT2D eigenvalue weighted by atomic mass is 9.82. The lowest BCUT2D eigenvalue weighted by molar-refractivity contribution is 0.0625. The molecule has 110 valence electrons. The molecule has 1 saturated heterocycles. The lowest BCUT2D eigenvalue weighted by Crippen LogP contribution is -2.41. The highest BCUT2D eigenvalue weighted by atomic mass is 16.2. The van der Waals surface area contributed by atoms with Crippen molar-refractivity contribution < 1.29 is 4.79 Å². The van der Waals surface area contributed by atoms with Crippen molar-refractivity contribution in [1.82, 2.24) is 15.1 Å². The molecule has 0 radical (unpaired) electrons. The van der Waals surface area contributed by atoms with E-state index in [2.05, 4.69) is 24.0 Å². The molecule has 21 heavy (non-hydrogen) atoms. The van der Waals surface area contributed by atoms with Crippen LogP contribution in [-0.2, 0) is 0 Å². The van der Waals surface area contributed by atoms with Gasteiger partial charge in [-0.25, -0.2) is 5.10 Å². The van der Waals surface area contributed by atoms with Gasteiger partial charge < -0.3 is 4.90 Å². The van der Waals surface area contributed by atoms with E-state index in [4.69, 9.17) is 0 Å². The van der Waals surface area contributed by atoms with E-state index in [1.165, 1.54) is 0 Å². The van der Waals surface area contributed by atoms with Crippen molar-refractivity contribution in [3.63, 3.8) is 0 Å². The second kappa shape index (κ2) is 4.98. The minimum atomic E-state index is -0.262. The third-order valence-electron chi connectivity index (χ3n) is 4.30. The number of rotatable bonds is 1. The number of aromatic amines is 1. The van der Waals surface area contributed by atoms with Crippen molar-refractivity contribution >= 4 is 16.7 Å². The van der Waals surface area contributed by atoms with Crippen LogP contribution in [0.5, 0.6) is 0 Å². The van der Waals surface area contributed by atoms with Gasteiger partial charge in [-0.1, -0.05) is 32.0 Å². The van der Waals surface area contributed by atoms with E-state index in [-0.39, 0.29) is 16.9 Å². The summed E-state index contributed by atoms with van der Waals surface area (Å²) in [5.41, 5.74) is 0.365. The zero-order valence-corrected chi connectivity index (χ0v) is 12.3. The highest BCUT2D eigenvalue weighted by molar-refractivity contribution is 6.04. The number of H-pyrrole nitrogens is 1. The molecule has 0 atom stereocenters. The summed E-state index contributed by atoms with van der Waals surface area (Å²) in [6, 6.07) is 7.10. The molecule has 0 unspecified atom stereocenters. The molecule has 0 bridgehead atoms. The summed E-state index contributed by atoms with van der Waals surface area (Å²) in [6.45, 7) is 5.92. The van der Waals surface area contributed by atoms with Gasteiger partial charge in [0.2, 0.25) is 0 Å². The van der Waals surface area contributed by atoms with E-state index in [0.29, 0.717) is 16.5 Å². The summed E-state index contributed by atoms with van der Waals surface area (Å²) in [5, 5.41) is 7.54. The van der Waals surface area contributed by atoms with Crippen LogP contribution in [0.3, 0.4) is 0 Å². The summed E-state index contributed by atoms with van der Waals surface area (Å²) in [5.74, 6) is -0.0991. The average molecular weight is 285 g/mol. The van der Waals surface area contributed by atoms with Gasteiger partial charge in [0, 0.05) is 18.5 Å². The standard InChI is InChI=1S/C16H19N3O2/c1-16(2)7-9-19(10-8-16)15(21)13-11-5-3-4-6-12(11)14(20)18-17-13/h3-6H,7-10H2,1-2H3,(H,18,20). The van der Waals surface area contributed by atoms with Gasteiger partial charge in [0.15, 0.2) is 5.69 Å². The molecular formula is C16H19N3O2. The molecule has 1 aliphatic rings. The zero-order valence-electron chi connectivity index (χ0n) is 12.3. The Balaban J connectivity index is 1.96. The summed E-state index contributed by atoms with van der Waals surface area (Å²) in [7, 11) is 0. The largest absolute Gasteiger partial charge is 0.337 e. The van der Waals surface area contributed by atoms with Crippen molar-refractivity contribution in [1.29, 1.82) is 0 Å². The van der Waals surface area contributed by atoms with Gasteiger partial charge in [0.1, 0.15) is 0 Å². The molecule has 1 aromatic carbocycles. The van der Waals surface area contributed by atoms with Gasteiger partial charge in [0.25, 0.3) is 11.5 Å². The number of piperidine rings is 1. The molecule has 3 rings (SSSR count). The van der Waals surface area contributed by atoms with E-state index in [1.54, 1.807) is 18.2 Å². The van der Waals surface area contributed by atoms with E-state index in [9.17, 15) is 9.59 Å². The van der Waals surface area contributed by atoms with E-state index >= 15 is 0 Å². The van der Waals surface area contributed by atoms with Crippen molar-refractivity contribution in [2.75, 3.05) is 13.1 Å². The first-order valence-electron chi connectivity index (χ1n) is 7.25. The third-order valence-corrected chi connectivity index (χ3v) is 4.30. The first-order chi connectivity index (χ1) is 9.98. The number of nitrogens with zero attached hydrogens (tertiary/aromatic N) is 2. The molecular weight excluding hydrogens is 266 g/mol. The number of fused-ring (bicyclic) bond motifs is 1. The fourth-order valence-electron chi connectivity index (χ4n) is 2.74. The summed E-state index contributed by atoms with van der Waals surface area (Å²) in [6.07, 6.45) is 1.97. The number of hydrogen-bond acceptors (Lipinski definition) is 3. The molecule has 0 spiro atoms. The quantitative estimate of drug-likeness (QED) is 0.873. The first-order valence-corrected chi connectivity index (χ1v) is 7.25. The minimum Gasteiger partial charge on any atom is -0.337 e. The van der Waals surface area contributed by atoms with Crippen LogP contribution in [-0.4, -0.2) is 34.1 Å². The Labute approximate surface area is 123 Å². The van der Waals surface area contributed by atoms with Crippen LogP contribution >= 0.6 is 0 Å². The van der Waals surface area contributed by atoms with Crippen LogP contribution in [0.25, 0.3) is 10.8 Å². The second-order valence-corrected chi connectivity index (χ2v) is 6.40. The molecule has 1 N–H and O–H groups in total. The van der Waals surface area contributed by atoms with Gasteiger partial charge in [-0.15, -0.1) is 0 Å². The molecule has 2 aromatic rings. The van der Waals surface area contributed by atoms with Crippen LogP contribution in [0.2, 0.25) is 0 Å². The fourth-order valence-corrected chi connectivity index (χ4v) is 2.74. The number of carbonyl (C=O) groups is 1. The number of hydrogen-bond donors (Lipinski definition) is 1. The number of aromatic nitrogens is 2. The van der Waals surface area contributed by atoms with Crippen LogP contribution in [0.1, 0.15) is 37.2 Å². The van der Waals surface area contributed by atoms with Crippen LogP contribution in [0.15, 0.2) is 29.1 Å². The normalized spacial score (nSPS) is 17.9. The molecule has 1 aliphatic heterocycles. The van der Waals surface area contributed by atoms with Crippen LogP contribution in [0, 0.1) is 5.41 Å². The second-order valence-electron chi connectivity index (χ2n) is 6.40. The van der Waals surface area contributed by atoms with E-state index < -0.39 is 0 Å². The SMILES string of the molecule is CC1(C)CCN(C(=O)c2n[nH]c(=O)c3ccccc23)CC1. The number of nitrogens with one attached hydrogen (secondary N) is 1. The third kappa shape index (κ3) is 2.55. The molecule has 0 aliphatic carbocycles. The summed E-state index contributed by atoms with van der Waals surface area (Å²) >= 11 is 0. The van der Waals surface area contributed by atoms with Gasteiger partial charge in [-0.3, -0.25) is 9.59 Å². The number of likely N-dealkylation sites (tertiary alicyclic amines) is 1. The number of amides is 1. The van der Waals surface area contributed by atoms with Crippen LogP contribution in [0.4, 0.5) is 0 Å². The molecule has 1 amide bonds. The maximum atomic E-state index is 12.7. The van der Waals surface area contributed by atoms with E-state index in [1.807, 2.05) is 11.0 Å². The van der Waals surface area contributed by atoms with Gasteiger partial charge in [-0.2, -0.15) is 5.10 Å². The maximum Gasteiger partial charge on any atom is 0.274 e. The van der Waals surface area contributed by atoms with E-state index in [0.717, 1.165) is 25.9 Å². The molecule has 5 heteroatoms. The summed E-state index contributed by atoms with van der Waals surface area (Å²) in [4.78, 5) is 26.3. The van der Waals surface area contributed by atoms with Gasteiger partial charge >= 0.3 is 0 Å². The Morgan fingerprint density at radius 2 is 1.81 bits per heavy atom. The minimum absolute atomic E-state index is 0.0991. The predicted octanol–water partition coefficient (Wildman–Crippen LogP) is 2.19. The molecule has 5 nitrogen and oxygen atoms in total. The highest BCUT2D eigenvalue weighted by Gasteiger charge is 2.29. The molecule has 2 heterocycles. The van der Waals surface area contributed by atoms with Crippen molar-refractivity contribution in [3.8, 4) is 0 Å². The molecule has 1 fully saturated rings. The average Bonchev–Trinajstić information content (AvgIpc) is 2.47. The monoisotopic (exact) mass is 285 g/mol. The number of benzene rings is 1. The van der Waals surface area contributed by atoms with Crippen molar-refractivity contribution in [2.45, 2.75) is 26.7 Å². The maximum absolute atomic E-state index is 12.7. The Morgan fingerprint density at radius 3 is 2.48 bits per heavy atom. The van der Waals surface area contributed by atoms with Gasteiger partial charge in [-0.05, 0) is 24.3 Å². The summed E-state index contributed by atoms with van der Waals surface area (Å²) < 4.78 is 0. The highest BCUT2D eigenvalue weighted by Crippen LogP contribution is 2.30. The van der Waals surface area contributed by atoms with Gasteiger partial charge in [0.05, 0.1) is 5.39 Å². The fraction of sp³-hybridized carbons (Fsp3) is 0.438. The Hall–Kier alpha value is -2.17. The topological polar surface area (TPSA) is 66.1 Å². The molecule has 0 saturated carbocycles. The Bertz CT molecular complexity index is 739. The smallest absolute Gasteiger partial charge is 0.274 e. The molecule has 1 aromatic heterocycles. The lowest BCUT2D eigenvalue weighted by Gasteiger charge is -2.36. The first kappa shape index (κ1) is 13.8. The van der Waals surface area contributed by atoms with Crippen molar-refractivity contribution in [2.24, 2.45) is 5.41 Å². The zero-order chi connectivity index (χ0) is 15.0. The van der Waals surface area contributed by atoms with Crippen molar-refractivity contribution in [3.05, 3.63) is 40.3 Å². The van der Waals surface area contributed by atoms with Crippen LogP contribution < -0.4 is 5.56 Å². The number of carbonyl (C=O) groups excluding carboxylic acids is 1. The Morgan fingerprint density at radius 1 is 1.19 bits per heavy atom. The Kier molecular flexibility index (Phi) is 3.27. The predicted molar refractivity (Wildman–Crippen MR) is 81.3 cm³/mol.